The van der Waals surface area contributed by atoms with Crippen LogP contribution >= 0.6 is 0 Å². The minimum absolute atomic E-state index is 0.328. The van der Waals surface area contributed by atoms with E-state index in [-0.39, 0.29) is 0 Å². The number of rotatable bonds is 0. The van der Waals surface area contributed by atoms with E-state index in [9.17, 15) is 0 Å². The molecule has 1 heterocycles. The van der Waals surface area contributed by atoms with E-state index in [0.717, 1.165) is 12.3 Å². The van der Waals surface area contributed by atoms with Gasteiger partial charge in [0.15, 0.2) is 0 Å². The van der Waals surface area contributed by atoms with Gasteiger partial charge in [-0.2, -0.15) is 5.26 Å². The molecule has 0 amide bonds. The van der Waals surface area contributed by atoms with Crippen molar-refractivity contribution in [2.24, 2.45) is 17.8 Å². The van der Waals surface area contributed by atoms with E-state index in [0.29, 0.717) is 24.0 Å². The number of nitrogens with zero attached hydrogens (tertiary/aromatic N) is 1. The monoisotopic (exact) mass is 135 g/mol. The van der Waals surface area contributed by atoms with Crippen LogP contribution < -0.4 is 0 Å². The molecule has 2 saturated carbocycles. The summed E-state index contributed by atoms with van der Waals surface area (Å²) < 4.78 is 5.42. The third-order valence-corrected chi connectivity index (χ3v) is 3.26. The highest BCUT2D eigenvalue weighted by atomic mass is 16.6. The van der Waals surface area contributed by atoms with Gasteiger partial charge in [0.25, 0.3) is 0 Å². The molecule has 0 N–H and O–H groups in total. The lowest BCUT2D eigenvalue weighted by Crippen LogP contribution is -2.15. The summed E-state index contributed by atoms with van der Waals surface area (Å²) in [6.07, 6.45) is 3.47. The lowest BCUT2D eigenvalue weighted by atomic mass is 9.90. The molecule has 5 atom stereocenters. The Bertz CT molecular complexity index is 220. The van der Waals surface area contributed by atoms with Crippen LogP contribution in [-0.2, 0) is 4.74 Å². The van der Waals surface area contributed by atoms with Crippen LogP contribution in [-0.4, -0.2) is 12.2 Å². The smallest absolute Gasteiger partial charge is 0.0885 e. The minimum atomic E-state index is 0.328. The Balaban J connectivity index is 1.93. The molecule has 1 aliphatic heterocycles. The molecule has 0 aromatic rings. The predicted molar refractivity (Wildman–Crippen MR) is 34.0 cm³/mol. The van der Waals surface area contributed by atoms with Crippen LogP contribution in [0.1, 0.15) is 12.8 Å². The van der Waals surface area contributed by atoms with Gasteiger partial charge in [-0.15, -0.1) is 0 Å². The van der Waals surface area contributed by atoms with E-state index in [4.69, 9.17) is 10.00 Å². The molecule has 10 heavy (non-hydrogen) atoms. The first kappa shape index (κ1) is 5.15. The Morgan fingerprint density at radius 1 is 1.30 bits per heavy atom. The molecule has 52 valence electrons. The normalized spacial score (nSPS) is 61.7. The lowest BCUT2D eigenvalue weighted by molar-refractivity contribution is 0.259. The summed E-state index contributed by atoms with van der Waals surface area (Å²) in [7, 11) is 0. The van der Waals surface area contributed by atoms with E-state index in [1.54, 1.807) is 0 Å². The lowest BCUT2D eigenvalue weighted by Gasteiger charge is -2.09. The maximum atomic E-state index is 8.72. The molecule has 2 aliphatic carbocycles. The number of fused-ring (bicyclic) bond motifs is 5. The number of nitriles is 1. The second-order valence-corrected chi connectivity index (χ2v) is 3.70. The van der Waals surface area contributed by atoms with Crippen molar-refractivity contribution < 1.29 is 4.74 Å². The fourth-order valence-electron chi connectivity index (χ4n) is 2.75. The van der Waals surface area contributed by atoms with Crippen LogP contribution in [0.15, 0.2) is 0 Å². The van der Waals surface area contributed by atoms with Crippen molar-refractivity contribution >= 4 is 0 Å². The Hall–Kier alpha value is -0.550. The zero-order chi connectivity index (χ0) is 6.72. The zero-order valence-electron chi connectivity index (χ0n) is 5.66. The largest absolute Gasteiger partial charge is 0.369 e. The molecule has 0 aromatic carbocycles. The van der Waals surface area contributed by atoms with Crippen LogP contribution in [0.2, 0.25) is 0 Å². The molecular weight excluding hydrogens is 126 g/mol. The summed E-state index contributed by atoms with van der Waals surface area (Å²) in [6.45, 7) is 0. The van der Waals surface area contributed by atoms with Crippen LogP contribution in [0.4, 0.5) is 0 Å². The van der Waals surface area contributed by atoms with Crippen molar-refractivity contribution in [2.45, 2.75) is 25.0 Å². The molecule has 3 rings (SSSR count). The van der Waals surface area contributed by atoms with Gasteiger partial charge >= 0.3 is 0 Å². The van der Waals surface area contributed by atoms with Gasteiger partial charge in [-0.05, 0) is 18.8 Å². The van der Waals surface area contributed by atoms with Crippen LogP contribution in [0.3, 0.4) is 0 Å². The highest BCUT2D eigenvalue weighted by molar-refractivity contribution is 5.14. The maximum absolute atomic E-state index is 8.72. The SMILES string of the molecule is N#C[C@@H]1C[C@@H]2C[C@H]1[C@H]1O[C@@H]21. The number of ether oxygens (including phenoxy) is 1. The standard InChI is InChI=1S/C8H9NO/c9-3-5-1-4-2-6(5)8-7(4)10-8/h4-8H,1-2H2/t4-,5+,6-,7+,8-/m1/s1. The van der Waals surface area contributed by atoms with Crippen LogP contribution in [0.25, 0.3) is 0 Å². The van der Waals surface area contributed by atoms with Gasteiger partial charge in [0.2, 0.25) is 0 Å². The molecule has 2 bridgehead atoms. The van der Waals surface area contributed by atoms with Crippen LogP contribution in [0.5, 0.6) is 0 Å². The first-order valence-corrected chi connectivity index (χ1v) is 3.95. The van der Waals surface area contributed by atoms with Gasteiger partial charge in [0.05, 0.1) is 24.2 Å². The van der Waals surface area contributed by atoms with Crippen molar-refractivity contribution in [1.82, 2.24) is 0 Å². The summed E-state index contributed by atoms with van der Waals surface area (Å²) in [5.74, 6) is 1.69. The molecule has 2 nitrogen and oxygen atoms in total. The second kappa shape index (κ2) is 1.38. The minimum Gasteiger partial charge on any atom is -0.369 e. The van der Waals surface area contributed by atoms with Crippen molar-refractivity contribution in [1.29, 1.82) is 5.26 Å². The number of epoxide rings is 1. The van der Waals surface area contributed by atoms with E-state index in [1.807, 2.05) is 0 Å². The average Bonchev–Trinajstić information content (AvgIpc) is 2.58. The fourth-order valence-corrected chi connectivity index (χ4v) is 2.75. The topological polar surface area (TPSA) is 36.3 Å². The summed E-state index contributed by atoms with van der Waals surface area (Å²) in [5.41, 5.74) is 0. The molecule has 0 aromatic heterocycles. The van der Waals surface area contributed by atoms with Gasteiger partial charge in [-0.1, -0.05) is 0 Å². The Kier molecular flexibility index (Phi) is 0.709. The highest BCUT2D eigenvalue weighted by Gasteiger charge is 2.63. The van der Waals surface area contributed by atoms with E-state index >= 15 is 0 Å². The molecule has 2 heteroatoms. The second-order valence-electron chi connectivity index (χ2n) is 3.70. The number of hydrogen-bond acceptors (Lipinski definition) is 2. The van der Waals surface area contributed by atoms with Gasteiger partial charge < -0.3 is 4.74 Å². The van der Waals surface area contributed by atoms with Crippen molar-refractivity contribution in [3.05, 3.63) is 0 Å². The van der Waals surface area contributed by atoms with Gasteiger partial charge in [0.1, 0.15) is 0 Å². The fraction of sp³-hybridized carbons (Fsp3) is 0.875. The summed E-state index contributed by atoms with van der Waals surface area (Å²) in [4.78, 5) is 0. The molecule has 3 fully saturated rings. The molecular formula is C8H9NO. The molecule has 0 radical (unpaired) electrons. The van der Waals surface area contributed by atoms with Crippen molar-refractivity contribution in [2.75, 3.05) is 0 Å². The van der Waals surface area contributed by atoms with Crippen molar-refractivity contribution in [3.8, 4) is 6.07 Å². The maximum Gasteiger partial charge on any atom is 0.0885 e. The van der Waals surface area contributed by atoms with Gasteiger partial charge in [0, 0.05) is 5.92 Å². The van der Waals surface area contributed by atoms with E-state index < -0.39 is 0 Å². The predicted octanol–water partition coefficient (Wildman–Crippen LogP) is 0.933. The first-order chi connectivity index (χ1) is 4.90. The van der Waals surface area contributed by atoms with Gasteiger partial charge in [-0.3, -0.25) is 0 Å². The molecule has 1 saturated heterocycles. The van der Waals surface area contributed by atoms with Crippen molar-refractivity contribution in [3.63, 3.8) is 0 Å². The Morgan fingerprint density at radius 2 is 2.20 bits per heavy atom. The molecule has 3 aliphatic rings. The van der Waals surface area contributed by atoms with E-state index in [1.165, 1.54) is 6.42 Å². The number of hydrogen-bond donors (Lipinski definition) is 0. The third kappa shape index (κ3) is 0.411. The zero-order valence-corrected chi connectivity index (χ0v) is 5.66. The third-order valence-electron chi connectivity index (χ3n) is 3.26. The van der Waals surface area contributed by atoms with E-state index in [2.05, 4.69) is 6.07 Å². The van der Waals surface area contributed by atoms with Crippen LogP contribution in [0, 0.1) is 29.1 Å². The van der Waals surface area contributed by atoms with Gasteiger partial charge in [-0.25, -0.2) is 0 Å². The average molecular weight is 135 g/mol. The highest BCUT2D eigenvalue weighted by Crippen LogP contribution is 2.58. The molecule has 0 unspecified atom stereocenters. The summed E-state index contributed by atoms with van der Waals surface area (Å²) >= 11 is 0. The summed E-state index contributed by atoms with van der Waals surface area (Å²) in [6, 6.07) is 2.37. The Labute approximate surface area is 59.8 Å². The quantitative estimate of drug-likeness (QED) is 0.463. The first-order valence-electron chi connectivity index (χ1n) is 3.95. The summed E-state index contributed by atoms with van der Waals surface area (Å²) in [5, 5.41) is 8.72. The Morgan fingerprint density at radius 3 is 2.80 bits per heavy atom. The molecule has 0 spiro atoms.